The van der Waals surface area contributed by atoms with Crippen LogP contribution in [0.15, 0.2) is 24.3 Å². The van der Waals surface area contributed by atoms with Crippen molar-refractivity contribution in [1.82, 2.24) is 9.80 Å². The molecule has 1 N–H and O–H groups in total. The van der Waals surface area contributed by atoms with Gasteiger partial charge in [-0.1, -0.05) is 18.2 Å². The van der Waals surface area contributed by atoms with Crippen molar-refractivity contribution in [2.75, 3.05) is 53.0 Å². The molecule has 1 atom stereocenters. The number of para-hydroxylation sites is 1. The highest BCUT2D eigenvalue weighted by atomic mass is 16.5. The van der Waals surface area contributed by atoms with E-state index in [0.717, 1.165) is 37.4 Å². The van der Waals surface area contributed by atoms with Crippen LogP contribution in [0, 0.1) is 6.92 Å². The Morgan fingerprint density at radius 2 is 2.25 bits per heavy atom. The maximum absolute atomic E-state index is 10.7. The first-order chi connectivity index (χ1) is 11.5. The second kappa shape index (κ2) is 9.61. The van der Waals surface area contributed by atoms with Crippen LogP contribution >= 0.6 is 0 Å². The summed E-state index contributed by atoms with van der Waals surface area (Å²) in [5.41, 5.74) is 1.16. The van der Waals surface area contributed by atoms with Crippen LogP contribution in [-0.4, -0.2) is 80.0 Å². The molecule has 0 amide bonds. The van der Waals surface area contributed by atoms with Crippen LogP contribution in [0.2, 0.25) is 0 Å². The van der Waals surface area contributed by atoms with E-state index < -0.39 is 5.97 Å². The Balaban J connectivity index is 1.66. The summed E-state index contributed by atoms with van der Waals surface area (Å²) in [6, 6.07) is 8.05. The molecule has 1 heterocycles. The number of ether oxygens (including phenoxy) is 2. The van der Waals surface area contributed by atoms with E-state index in [1.165, 1.54) is 0 Å². The molecule has 1 aromatic carbocycles. The highest BCUT2D eigenvalue weighted by Gasteiger charge is 2.22. The normalized spacial score (nSPS) is 18.7. The summed E-state index contributed by atoms with van der Waals surface area (Å²) in [6.07, 6.45) is 1.03. The molecule has 24 heavy (non-hydrogen) atoms. The number of carboxylic acids is 1. The summed E-state index contributed by atoms with van der Waals surface area (Å²) in [7, 11) is 1.81. The molecule has 0 aromatic heterocycles. The van der Waals surface area contributed by atoms with Crippen LogP contribution in [0.5, 0.6) is 5.75 Å². The first-order valence-corrected chi connectivity index (χ1v) is 8.47. The third kappa shape index (κ3) is 6.47. The summed E-state index contributed by atoms with van der Waals surface area (Å²) < 4.78 is 11.6. The Bertz CT molecular complexity index is 523. The Hall–Kier alpha value is -1.63. The van der Waals surface area contributed by atoms with Crippen molar-refractivity contribution in [3.8, 4) is 5.75 Å². The molecule has 1 aromatic rings. The number of carbonyl (C=O) groups is 1. The minimum atomic E-state index is -0.807. The average Bonchev–Trinajstić information content (AvgIpc) is 2.52. The van der Waals surface area contributed by atoms with Gasteiger partial charge in [-0.3, -0.25) is 14.6 Å². The molecule has 1 aliphatic heterocycles. The maximum Gasteiger partial charge on any atom is 0.317 e. The molecule has 2 rings (SSSR count). The third-order valence-electron chi connectivity index (χ3n) is 4.11. The highest BCUT2D eigenvalue weighted by molar-refractivity contribution is 5.69. The number of rotatable bonds is 9. The van der Waals surface area contributed by atoms with Gasteiger partial charge in [0, 0.05) is 26.2 Å². The molecule has 0 saturated carbocycles. The predicted molar refractivity (Wildman–Crippen MR) is 92.6 cm³/mol. The Morgan fingerprint density at radius 1 is 1.46 bits per heavy atom. The zero-order chi connectivity index (χ0) is 17.4. The second-order valence-corrected chi connectivity index (χ2v) is 6.35. The lowest BCUT2D eigenvalue weighted by Gasteiger charge is -2.34. The summed E-state index contributed by atoms with van der Waals surface area (Å²) in [5, 5.41) is 8.82. The summed E-state index contributed by atoms with van der Waals surface area (Å²) in [4.78, 5) is 14.9. The molecular formula is C18H28N2O4. The topological polar surface area (TPSA) is 62.2 Å². The van der Waals surface area contributed by atoms with E-state index in [4.69, 9.17) is 14.6 Å². The standard InChI is InChI=1S/C18H28N2O4/c1-15-6-3-4-7-17(15)24-10-5-8-20-9-11-23-16(13-20)12-19(2)14-18(21)22/h3-4,6-7,16H,5,8-14H2,1-2H3,(H,21,22). The lowest BCUT2D eigenvalue weighted by molar-refractivity contribution is -0.138. The molecule has 6 nitrogen and oxygen atoms in total. The van der Waals surface area contributed by atoms with Crippen molar-refractivity contribution >= 4 is 5.97 Å². The van der Waals surface area contributed by atoms with Gasteiger partial charge in [-0.15, -0.1) is 0 Å². The Kier molecular flexibility index (Phi) is 7.49. The highest BCUT2D eigenvalue weighted by Crippen LogP contribution is 2.16. The lowest BCUT2D eigenvalue weighted by Crippen LogP contribution is -2.47. The van der Waals surface area contributed by atoms with Gasteiger partial charge in [-0.25, -0.2) is 0 Å². The fraction of sp³-hybridized carbons (Fsp3) is 0.611. The fourth-order valence-electron chi connectivity index (χ4n) is 2.93. The van der Waals surface area contributed by atoms with E-state index in [1.807, 2.05) is 25.2 Å². The van der Waals surface area contributed by atoms with Gasteiger partial charge in [-0.2, -0.15) is 0 Å². The van der Waals surface area contributed by atoms with Crippen LogP contribution in [0.3, 0.4) is 0 Å². The Labute approximate surface area is 144 Å². The number of hydrogen-bond acceptors (Lipinski definition) is 5. The predicted octanol–water partition coefficient (Wildman–Crippen LogP) is 1.48. The van der Waals surface area contributed by atoms with Gasteiger partial charge in [0.25, 0.3) is 0 Å². The number of carboxylic acid groups (broad SMARTS) is 1. The molecule has 1 aliphatic rings. The first kappa shape index (κ1) is 18.7. The van der Waals surface area contributed by atoms with Crippen LogP contribution in [0.1, 0.15) is 12.0 Å². The summed E-state index contributed by atoms with van der Waals surface area (Å²) in [5.74, 6) is 0.145. The third-order valence-corrected chi connectivity index (χ3v) is 4.11. The van der Waals surface area contributed by atoms with Crippen LogP contribution in [-0.2, 0) is 9.53 Å². The van der Waals surface area contributed by atoms with E-state index >= 15 is 0 Å². The lowest BCUT2D eigenvalue weighted by atomic mass is 10.2. The largest absolute Gasteiger partial charge is 0.493 e. The van der Waals surface area contributed by atoms with Crippen LogP contribution < -0.4 is 4.74 Å². The molecule has 1 fully saturated rings. The van der Waals surface area contributed by atoms with Crippen molar-refractivity contribution in [3.05, 3.63) is 29.8 Å². The fourth-order valence-corrected chi connectivity index (χ4v) is 2.93. The van der Waals surface area contributed by atoms with E-state index in [9.17, 15) is 4.79 Å². The van der Waals surface area contributed by atoms with Crippen LogP contribution in [0.4, 0.5) is 0 Å². The molecule has 1 unspecified atom stereocenters. The maximum atomic E-state index is 10.7. The van der Waals surface area contributed by atoms with Crippen molar-refractivity contribution < 1.29 is 19.4 Å². The Morgan fingerprint density at radius 3 is 3.00 bits per heavy atom. The van der Waals surface area contributed by atoms with Gasteiger partial charge < -0.3 is 14.6 Å². The smallest absolute Gasteiger partial charge is 0.317 e. The number of nitrogens with zero attached hydrogens (tertiary/aromatic N) is 2. The van der Waals surface area contributed by atoms with Gasteiger partial charge in [0.1, 0.15) is 5.75 Å². The summed E-state index contributed by atoms with van der Waals surface area (Å²) >= 11 is 0. The number of aryl methyl sites for hydroxylation is 1. The van der Waals surface area contributed by atoms with Gasteiger partial charge in [0.15, 0.2) is 0 Å². The van der Waals surface area contributed by atoms with Gasteiger partial charge in [-0.05, 0) is 32.0 Å². The molecule has 6 heteroatoms. The molecular weight excluding hydrogens is 308 g/mol. The monoisotopic (exact) mass is 336 g/mol. The zero-order valence-corrected chi connectivity index (χ0v) is 14.6. The number of likely N-dealkylation sites (N-methyl/N-ethyl adjacent to an activating group) is 1. The van der Waals surface area contributed by atoms with Gasteiger partial charge in [0.2, 0.25) is 0 Å². The van der Waals surface area contributed by atoms with E-state index in [1.54, 1.807) is 4.90 Å². The SMILES string of the molecule is Cc1ccccc1OCCCN1CCOC(CN(C)CC(=O)O)C1. The summed E-state index contributed by atoms with van der Waals surface area (Å²) in [6.45, 7) is 6.87. The number of benzene rings is 1. The number of aliphatic carboxylic acids is 1. The van der Waals surface area contributed by atoms with Gasteiger partial charge in [0.05, 0.1) is 25.9 Å². The molecule has 0 aliphatic carbocycles. The van der Waals surface area contributed by atoms with Crippen molar-refractivity contribution in [3.63, 3.8) is 0 Å². The number of morpholine rings is 1. The van der Waals surface area contributed by atoms with E-state index in [0.29, 0.717) is 19.8 Å². The minimum Gasteiger partial charge on any atom is -0.493 e. The van der Waals surface area contributed by atoms with Crippen LogP contribution in [0.25, 0.3) is 0 Å². The van der Waals surface area contributed by atoms with Gasteiger partial charge >= 0.3 is 5.97 Å². The van der Waals surface area contributed by atoms with Crippen molar-refractivity contribution in [2.45, 2.75) is 19.4 Å². The minimum absolute atomic E-state index is 0.0458. The average molecular weight is 336 g/mol. The quantitative estimate of drug-likeness (QED) is 0.689. The molecule has 0 bridgehead atoms. The molecule has 134 valence electrons. The van der Waals surface area contributed by atoms with E-state index in [-0.39, 0.29) is 12.6 Å². The molecule has 0 radical (unpaired) electrons. The molecule has 0 spiro atoms. The zero-order valence-electron chi connectivity index (χ0n) is 14.6. The number of hydrogen-bond donors (Lipinski definition) is 1. The molecule has 1 saturated heterocycles. The second-order valence-electron chi connectivity index (χ2n) is 6.35. The first-order valence-electron chi connectivity index (χ1n) is 8.47. The van der Waals surface area contributed by atoms with Crippen molar-refractivity contribution in [1.29, 1.82) is 0 Å². The van der Waals surface area contributed by atoms with E-state index in [2.05, 4.69) is 17.9 Å². The van der Waals surface area contributed by atoms with Crippen molar-refractivity contribution in [2.24, 2.45) is 0 Å².